The zero-order chi connectivity index (χ0) is 10.1. The molecule has 0 aliphatic heterocycles. The van der Waals surface area contributed by atoms with Gasteiger partial charge < -0.3 is 0 Å². The minimum Gasteiger partial charge on any atom is -0.0877 e. The SMILES string of the molecule is CC=CC=CC(=CC=CC)C(C)C. The van der Waals surface area contributed by atoms with Crippen molar-refractivity contribution < 1.29 is 0 Å². The summed E-state index contributed by atoms with van der Waals surface area (Å²) in [5.74, 6) is 0.581. The zero-order valence-electron chi connectivity index (χ0n) is 9.12. The topological polar surface area (TPSA) is 0 Å². The van der Waals surface area contributed by atoms with Crippen LogP contribution in [0.1, 0.15) is 27.7 Å². The van der Waals surface area contributed by atoms with E-state index in [0.29, 0.717) is 5.92 Å². The van der Waals surface area contributed by atoms with Crippen LogP contribution in [-0.2, 0) is 0 Å². The molecule has 0 unspecified atom stereocenters. The van der Waals surface area contributed by atoms with Gasteiger partial charge in [-0.3, -0.25) is 0 Å². The first-order valence-corrected chi connectivity index (χ1v) is 4.84. The highest BCUT2D eigenvalue weighted by atomic mass is 14.0. The minimum absolute atomic E-state index is 0.581. The molecular weight excluding hydrogens is 156 g/mol. The number of hydrogen-bond acceptors (Lipinski definition) is 0. The average Bonchev–Trinajstić information content (AvgIpc) is 2.10. The second kappa shape index (κ2) is 7.60. The van der Waals surface area contributed by atoms with E-state index in [-0.39, 0.29) is 0 Å². The molecule has 0 rings (SSSR count). The van der Waals surface area contributed by atoms with Crippen LogP contribution in [0, 0.1) is 5.92 Å². The lowest BCUT2D eigenvalue weighted by molar-refractivity contribution is 0.792. The van der Waals surface area contributed by atoms with Crippen molar-refractivity contribution in [2.45, 2.75) is 27.7 Å². The molecule has 0 saturated heterocycles. The molecule has 0 aliphatic carbocycles. The summed E-state index contributed by atoms with van der Waals surface area (Å²) in [6.07, 6.45) is 14.6. The predicted molar refractivity (Wildman–Crippen MR) is 61.7 cm³/mol. The fourth-order valence-electron chi connectivity index (χ4n) is 0.926. The van der Waals surface area contributed by atoms with Gasteiger partial charge in [-0.2, -0.15) is 0 Å². The Morgan fingerprint density at radius 1 is 0.923 bits per heavy atom. The zero-order valence-corrected chi connectivity index (χ0v) is 9.12. The van der Waals surface area contributed by atoms with Gasteiger partial charge in [0.2, 0.25) is 0 Å². The van der Waals surface area contributed by atoms with Crippen molar-refractivity contribution >= 4 is 0 Å². The lowest BCUT2D eigenvalue weighted by Gasteiger charge is -2.03. The predicted octanol–water partition coefficient (Wildman–Crippen LogP) is 4.28. The van der Waals surface area contributed by atoms with Gasteiger partial charge in [-0.1, -0.05) is 56.4 Å². The lowest BCUT2D eigenvalue weighted by Crippen LogP contribution is -1.89. The molecule has 0 radical (unpaired) electrons. The van der Waals surface area contributed by atoms with Crippen LogP contribution in [0.4, 0.5) is 0 Å². The third kappa shape index (κ3) is 6.15. The highest BCUT2D eigenvalue weighted by Crippen LogP contribution is 2.11. The molecular formula is C13H20. The maximum Gasteiger partial charge on any atom is -0.0219 e. The van der Waals surface area contributed by atoms with E-state index in [9.17, 15) is 0 Å². The van der Waals surface area contributed by atoms with Gasteiger partial charge >= 0.3 is 0 Å². The lowest BCUT2D eigenvalue weighted by atomic mass is 10.0. The second-order valence-corrected chi connectivity index (χ2v) is 3.23. The van der Waals surface area contributed by atoms with E-state index < -0.39 is 0 Å². The van der Waals surface area contributed by atoms with Crippen LogP contribution in [0.2, 0.25) is 0 Å². The standard InChI is InChI=1S/C13H20/c1-5-7-9-11-13(12(3)4)10-8-6-2/h5-12H,1-4H3. The van der Waals surface area contributed by atoms with Crippen molar-refractivity contribution in [1.82, 2.24) is 0 Å². The van der Waals surface area contributed by atoms with E-state index in [1.54, 1.807) is 0 Å². The van der Waals surface area contributed by atoms with Crippen LogP contribution >= 0.6 is 0 Å². The van der Waals surface area contributed by atoms with Gasteiger partial charge in [0, 0.05) is 0 Å². The molecule has 0 nitrogen and oxygen atoms in total. The molecule has 0 aromatic carbocycles. The number of allylic oxidation sites excluding steroid dienone is 8. The molecule has 13 heavy (non-hydrogen) atoms. The Morgan fingerprint density at radius 3 is 2.00 bits per heavy atom. The average molecular weight is 176 g/mol. The molecule has 0 saturated carbocycles. The van der Waals surface area contributed by atoms with Gasteiger partial charge in [-0.15, -0.1) is 0 Å². The second-order valence-electron chi connectivity index (χ2n) is 3.23. The van der Waals surface area contributed by atoms with Crippen LogP contribution in [0.15, 0.2) is 48.1 Å². The van der Waals surface area contributed by atoms with Crippen molar-refractivity contribution in [1.29, 1.82) is 0 Å². The molecule has 0 N–H and O–H groups in total. The number of hydrogen-bond donors (Lipinski definition) is 0. The van der Waals surface area contributed by atoms with Crippen molar-refractivity contribution in [2.24, 2.45) is 5.92 Å². The monoisotopic (exact) mass is 176 g/mol. The number of rotatable bonds is 4. The fourth-order valence-corrected chi connectivity index (χ4v) is 0.926. The summed E-state index contributed by atoms with van der Waals surface area (Å²) < 4.78 is 0. The summed E-state index contributed by atoms with van der Waals surface area (Å²) >= 11 is 0. The summed E-state index contributed by atoms with van der Waals surface area (Å²) in [6.45, 7) is 8.46. The molecule has 0 fully saturated rings. The Hall–Kier alpha value is -1.04. The molecule has 0 atom stereocenters. The van der Waals surface area contributed by atoms with Crippen molar-refractivity contribution in [3.05, 3.63) is 48.1 Å². The van der Waals surface area contributed by atoms with Gasteiger partial charge in [0.05, 0.1) is 0 Å². The minimum atomic E-state index is 0.581. The third-order valence-electron chi connectivity index (χ3n) is 1.74. The first-order valence-electron chi connectivity index (χ1n) is 4.84. The van der Waals surface area contributed by atoms with Crippen LogP contribution in [0.5, 0.6) is 0 Å². The molecule has 0 aromatic rings. The molecule has 0 bridgehead atoms. The van der Waals surface area contributed by atoms with Crippen LogP contribution in [0.3, 0.4) is 0 Å². The first-order chi connectivity index (χ1) is 6.22. The molecule has 0 amide bonds. The van der Waals surface area contributed by atoms with Crippen LogP contribution in [0.25, 0.3) is 0 Å². The molecule has 0 heterocycles. The molecule has 0 aliphatic rings. The Kier molecular flexibility index (Phi) is 6.99. The summed E-state index contributed by atoms with van der Waals surface area (Å²) in [7, 11) is 0. The van der Waals surface area contributed by atoms with E-state index >= 15 is 0 Å². The summed E-state index contributed by atoms with van der Waals surface area (Å²) in [4.78, 5) is 0. The van der Waals surface area contributed by atoms with E-state index in [4.69, 9.17) is 0 Å². The van der Waals surface area contributed by atoms with E-state index in [0.717, 1.165) is 0 Å². The van der Waals surface area contributed by atoms with Crippen LogP contribution < -0.4 is 0 Å². The van der Waals surface area contributed by atoms with Gasteiger partial charge in [0.25, 0.3) is 0 Å². The maximum atomic E-state index is 2.20. The third-order valence-corrected chi connectivity index (χ3v) is 1.74. The summed E-state index contributed by atoms with van der Waals surface area (Å²) in [6, 6.07) is 0. The molecule has 0 aromatic heterocycles. The summed E-state index contributed by atoms with van der Waals surface area (Å²) in [5.41, 5.74) is 1.36. The fraction of sp³-hybridized carbons (Fsp3) is 0.385. The van der Waals surface area contributed by atoms with Crippen molar-refractivity contribution in [3.63, 3.8) is 0 Å². The summed E-state index contributed by atoms with van der Waals surface area (Å²) in [5, 5.41) is 0. The Labute approximate surface area is 82.4 Å². The smallest absolute Gasteiger partial charge is 0.0219 e. The van der Waals surface area contributed by atoms with E-state index in [1.165, 1.54) is 5.57 Å². The van der Waals surface area contributed by atoms with Crippen molar-refractivity contribution in [3.8, 4) is 0 Å². The van der Waals surface area contributed by atoms with Gasteiger partial charge in [0.15, 0.2) is 0 Å². The first kappa shape index (κ1) is 12.0. The Bertz CT molecular complexity index is 224. The molecule has 0 spiro atoms. The van der Waals surface area contributed by atoms with Gasteiger partial charge in [0.1, 0.15) is 0 Å². The quantitative estimate of drug-likeness (QED) is 0.561. The van der Waals surface area contributed by atoms with Crippen molar-refractivity contribution in [2.75, 3.05) is 0 Å². The Morgan fingerprint density at radius 2 is 1.54 bits per heavy atom. The largest absolute Gasteiger partial charge is 0.0877 e. The van der Waals surface area contributed by atoms with Gasteiger partial charge in [-0.25, -0.2) is 0 Å². The Balaban J connectivity index is 4.43. The van der Waals surface area contributed by atoms with Gasteiger partial charge in [-0.05, 0) is 25.3 Å². The van der Waals surface area contributed by atoms with E-state index in [2.05, 4.69) is 38.2 Å². The molecule has 72 valence electrons. The highest BCUT2D eigenvalue weighted by molar-refractivity contribution is 5.27. The maximum absolute atomic E-state index is 2.20. The molecule has 0 heteroatoms. The van der Waals surface area contributed by atoms with Crippen LogP contribution in [-0.4, -0.2) is 0 Å². The normalized spacial score (nSPS) is 14.4. The van der Waals surface area contributed by atoms with E-state index in [1.807, 2.05) is 32.1 Å². The highest BCUT2D eigenvalue weighted by Gasteiger charge is 1.95.